The van der Waals surface area contributed by atoms with Crippen molar-refractivity contribution in [2.24, 2.45) is 0 Å². The van der Waals surface area contributed by atoms with Crippen LogP contribution in [0.1, 0.15) is 19.4 Å². The van der Waals surface area contributed by atoms with Crippen LogP contribution in [0.15, 0.2) is 42.5 Å². The monoisotopic (exact) mass is 410 g/mol. The summed E-state index contributed by atoms with van der Waals surface area (Å²) in [4.78, 5) is 24.2. The summed E-state index contributed by atoms with van der Waals surface area (Å²) in [7, 11) is 0. The minimum absolute atomic E-state index is 0.284. The highest BCUT2D eigenvalue weighted by molar-refractivity contribution is 6.35. The van der Waals surface area contributed by atoms with E-state index in [1.165, 1.54) is 13.0 Å². The van der Waals surface area contributed by atoms with Crippen LogP contribution in [-0.4, -0.2) is 24.0 Å². The van der Waals surface area contributed by atoms with Gasteiger partial charge in [0, 0.05) is 5.02 Å². The van der Waals surface area contributed by atoms with E-state index in [4.69, 9.17) is 32.7 Å². The number of hydrogen-bond acceptors (Lipinski definition) is 4. The van der Waals surface area contributed by atoms with Crippen molar-refractivity contribution in [2.45, 2.75) is 33.0 Å². The zero-order chi connectivity index (χ0) is 20.0. The third kappa shape index (κ3) is 6.34. The summed E-state index contributed by atoms with van der Waals surface area (Å²) in [6, 6.07) is 12.0. The average molecular weight is 411 g/mol. The lowest BCUT2D eigenvalue weighted by Gasteiger charge is -2.18. The summed E-state index contributed by atoms with van der Waals surface area (Å²) >= 11 is 11.8. The lowest BCUT2D eigenvalue weighted by Crippen LogP contribution is -2.50. The molecule has 6 nitrogen and oxygen atoms in total. The zero-order valence-electron chi connectivity index (χ0n) is 15.1. The Kier molecular flexibility index (Phi) is 7.33. The molecular formula is C19H20Cl2N2O4. The van der Waals surface area contributed by atoms with E-state index in [1.54, 1.807) is 25.1 Å². The molecule has 2 atom stereocenters. The van der Waals surface area contributed by atoms with E-state index in [0.29, 0.717) is 16.5 Å². The molecule has 2 rings (SSSR count). The molecule has 0 aliphatic rings. The molecule has 2 N–H and O–H groups in total. The predicted octanol–water partition coefficient (Wildman–Crippen LogP) is 3.68. The molecule has 27 heavy (non-hydrogen) atoms. The van der Waals surface area contributed by atoms with Crippen molar-refractivity contribution in [1.29, 1.82) is 0 Å². The number of ether oxygens (including phenoxy) is 2. The van der Waals surface area contributed by atoms with Crippen LogP contribution in [0.3, 0.4) is 0 Å². The number of aryl methyl sites for hydroxylation is 1. The minimum atomic E-state index is -0.892. The molecule has 0 saturated heterocycles. The van der Waals surface area contributed by atoms with Gasteiger partial charge in [-0.15, -0.1) is 0 Å². The van der Waals surface area contributed by atoms with E-state index >= 15 is 0 Å². The van der Waals surface area contributed by atoms with Crippen molar-refractivity contribution in [2.75, 3.05) is 0 Å². The van der Waals surface area contributed by atoms with Gasteiger partial charge in [0.1, 0.15) is 11.5 Å². The number of hydrazine groups is 1. The number of nitrogens with one attached hydrogen (secondary N) is 2. The molecule has 144 valence electrons. The Morgan fingerprint density at radius 1 is 0.926 bits per heavy atom. The van der Waals surface area contributed by atoms with E-state index in [-0.39, 0.29) is 5.02 Å². The number of carbonyl (C=O) groups is 2. The number of amides is 2. The molecule has 0 spiro atoms. The fourth-order valence-electron chi connectivity index (χ4n) is 2.09. The first kappa shape index (κ1) is 20.9. The molecular weight excluding hydrogens is 391 g/mol. The lowest BCUT2D eigenvalue weighted by atomic mass is 10.2. The molecule has 0 aromatic heterocycles. The van der Waals surface area contributed by atoms with Gasteiger partial charge < -0.3 is 9.47 Å². The highest BCUT2D eigenvalue weighted by atomic mass is 35.5. The summed E-state index contributed by atoms with van der Waals surface area (Å²) in [5.41, 5.74) is 5.62. The molecule has 0 radical (unpaired) electrons. The molecule has 0 heterocycles. The van der Waals surface area contributed by atoms with Gasteiger partial charge in [-0.05, 0) is 56.7 Å². The van der Waals surface area contributed by atoms with Gasteiger partial charge in [-0.3, -0.25) is 20.4 Å². The predicted molar refractivity (Wildman–Crippen MR) is 104 cm³/mol. The second-order valence-electron chi connectivity index (χ2n) is 5.89. The molecule has 0 saturated carbocycles. The maximum absolute atomic E-state index is 12.1. The third-order valence-corrected chi connectivity index (χ3v) is 4.08. The van der Waals surface area contributed by atoms with E-state index < -0.39 is 24.0 Å². The lowest BCUT2D eigenvalue weighted by molar-refractivity contribution is -0.135. The van der Waals surface area contributed by atoms with Crippen molar-refractivity contribution in [3.8, 4) is 11.5 Å². The van der Waals surface area contributed by atoms with Gasteiger partial charge in [0.15, 0.2) is 12.2 Å². The SMILES string of the molecule is Cc1cccc(OC(C)C(=O)NNC(=O)C(C)Oc2ccc(Cl)cc2Cl)c1. The van der Waals surface area contributed by atoms with E-state index in [0.717, 1.165) is 5.56 Å². The Balaban J connectivity index is 1.83. The van der Waals surface area contributed by atoms with Crippen LogP contribution in [0.4, 0.5) is 0 Å². The summed E-state index contributed by atoms with van der Waals surface area (Å²) < 4.78 is 11.0. The van der Waals surface area contributed by atoms with Crippen LogP contribution in [0.25, 0.3) is 0 Å². The maximum Gasteiger partial charge on any atom is 0.279 e. The average Bonchev–Trinajstić information content (AvgIpc) is 2.61. The van der Waals surface area contributed by atoms with E-state index in [2.05, 4.69) is 10.9 Å². The standard InChI is InChI=1S/C19H20Cl2N2O4/c1-11-5-4-6-15(9-11)26-12(2)18(24)22-23-19(25)13(3)27-17-8-7-14(20)10-16(17)21/h4-10,12-13H,1-3H3,(H,22,24)(H,23,25). The van der Waals surface area contributed by atoms with Crippen molar-refractivity contribution < 1.29 is 19.1 Å². The Bertz CT molecular complexity index is 829. The van der Waals surface area contributed by atoms with Gasteiger partial charge in [-0.1, -0.05) is 35.3 Å². The van der Waals surface area contributed by atoms with Gasteiger partial charge in [-0.25, -0.2) is 0 Å². The normalized spacial score (nSPS) is 12.6. The maximum atomic E-state index is 12.1. The van der Waals surface area contributed by atoms with Crippen LogP contribution in [0, 0.1) is 6.92 Å². The van der Waals surface area contributed by atoms with Gasteiger partial charge in [0.2, 0.25) is 0 Å². The summed E-state index contributed by atoms with van der Waals surface area (Å²) in [5.74, 6) is -0.164. The first-order valence-electron chi connectivity index (χ1n) is 8.21. The molecule has 2 aromatic rings. The molecule has 0 fully saturated rings. The highest BCUT2D eigenvalue weighted by Crippen LogP contribution is 2.28. The third-order valence-electron chi connectivity index (χ3n) is 3.55. The fourth-order valence-corrected chi connectivity index (χ4v) is 2.54. The quantitative estimate of drug-likeness (QED) is 0.711. The molecule has 2 amide bonds. The molecule has 0 bridgehead atoms. The van der Waals surface area contributed by atoms with E-state index in [1.807, 2.05) is 25.1 Å². The Hall–Kier alpha value is -2.44. The van der Waals surface area contributed by atoms with Crippen LogP contribution < -0.4 is 20.3 Å². The van der Waals surface area contributed by atoms with Crippen molar-refractivity contribution in [1.82, 2.24) is 10.9 Å². The Morgan fingerprint density at radius 3 is 2.15 bits per heavy atom. The van der Waals surface area contributed by atoms with Gasteiger partial charge >= 0.3 is 0 Å². The minimum Gasteiger partial charge on any atom is -0.481 e. The summed E-state index contributed by atoms with van der Waals surface area (Å²) in [6.45, 7) is 5.03. The zero-order valence-corrected chi connectivity index (χ0v) is 16.6. The molecule has 0 aliphatic carbocycles. The van der Waals surface area contributed by atoms with Gasteiger partial charge in [-0.2, -0.15) is 0 Å². The number of halogens is 2. The number of carbonyl (C=O) groups excluding carboxylic acids is 2. The van der Waals surface area contributed by atoms with Crippen molar-refractivity contribution in [3.05, 3.63) is 58.1 Å². The first-order valence-corrected chi connectivity index (χ1v) is 8.96. The Morgan fingerprint density at radius 2 is 1.56 bits per heavy atom. The van der Waals surface area contributed by atoms with Crippen LogP contribution in [0.2, 0.25) is 10.0 Å². The molecule has 2 aromatic carbocycles. The highest BCUT2D eigenvalue weighted by Gasteiger charge is 2.19. The number of rotatable bonds is 6. The second-order valence-corrected chi connectivity index (χ2v) is 6.73. The molecule has 0 aliphatic heterocycles. The van der Waals surface area contributed by atoms with Crippen LogP contribution in [-0.2, 0) is 9.59 Å². The van der Waals surface area contributed by atoms with Gasteiger partial charge in [0.05, 0.1) is 5.02 Å². The second kappa shape index (κ2) is 9.48. The van der Waals surface area contributed by atoms with Crippen LogP contribution >= 0.6 is 23.2 Å². The van der Waals surface area contributed by atoms with Gasteiger partial charge in [0.25, 0.3) is 11.8 Å². The van der Waals surface area contributed by atoms with E-state index in [9.17, 15) is 9.59 Å². The summed E-state index contributed by atoms with van der Waals surface area (Å²) in [6.07, 6.45) is -1.69. The van der Waals surface area contributed by atoms with Crippen molar-refractivity contribution >= 4 is 35.0 Å². The first-order chi connectivity index (χ1) is 12.8. The van der Waals surface area contributed by atoms with Crippen LogP contribution in [0.5, 0.6) is 11.5 Å². The number of benzene rings is 2. The number of hydrogen-bond donors (Lipinski definition) is 2. The fraction of sp³-hybridized carbons (Fsp3) is 0.263. The largest absolute Gasteiger partial charge is 0.481 e. The Labute approximate surface area is 167 Å². The molecule has 8 heteroatoms. The smallest absolute Gasteiger partial charge is 0.279 e. The molecule has 2 unspecified atom stereocenters. The topological polar surface area (TPSA) is 76.7 Å². The summed E-state index contributed by atoms with van der Waals surface area (Å²) in [5, 5.41) is 0.741. The van der Waals surface area contributed by atoms with Crippen molar-refractivity contribution in [3.63, 3.8) is 0 Å².